The summed E-state index contributed by atoms with van der Waals surface area (Å²) < 4.78 is 1.26. The van der Waals surface area contributed by atoms with Crippen molar-refractivity contribution >= 4 is 11.9 Å². The number of aryl methyl sites for hydroxylation is 1. The molecule has 21 heavy (non-hydrogen) atoms. The van der Waals surface area contributed by atoms with Crippen LogP contribution in [0.2, 0.25) is 0 Å². The third-order valence-corrected chi connectivity index (χ3v) is 3.98. The second kappa shape index (κ2) is 6.11. The Morgan fingerprint density at radius 3 is 2.38 bits per heavy atom. The molecule has 1 aliphatic heterocycles. The van der Waals surface area contributed by atoms with Gasteiger partial charge in [0, 0.05) is 24.8 Å². The van der Waals surface area contributed by atoms with Crippen molar-refractivity contribution in [1.82, 2.24) is 9.47 Å². The molecule has 1 saturated heterocycles. The van der Waals surface area contributed by atoms with Gasteiger partial charge in [0.05, 0.1) is 5.56 Å². The number of carboxylic acids is 1. The predicted molar refractivity (Wildman–Crippen MR) is 77.6 cm³/mol. The Kier molecular flexibility index (Phi) is 4.45. The van der Waals surface area contributed by atoms with Gasteiger partial charge in [0.15, 0.2) is 0 Å². The molecule has 0 aliphatic carbocycles. The molecule has 0 spiro atoms. The molecule has 1 aromatic rings. The Morgan fingerprint density at radius 1 is 1.19 bits per heavy atom. The maximum atomic E-state index is 12.3. The summed E-state index contributed by atoms with van der Waals surface area (Å²) in [6.07, 6.45) is 3.08. The van der Waals surface area contributed by atoms with Crippen molar-refractivity contribution in [3.8, 4) is 0 Å². The number of likely N-dealkylation sites (tertiary alicyclic amines) is 1. The molecule has 0 aromatic carbocycles. The lowest BCUT2D eigenvalue weighted by atomic mass is 10.1. The van der Waals surface area contributed by atoms with Gasteiger partial charge in [-0.25, -0.2) is 4.79 Å². The molecule has 0 bridgehead atoms. The molecule has 0 saturated carbocycles. The van der Waals surface area contributed by atoms with Crippen LogP contribution in [0.4, 0.5) is 0 Å². The van der Waals surface area contributed by atoms with Crippen LogP contribution in [-0.4, -0.2) is 39.5 Å². The molecule has 1 amide bonds. The number of aromatic nitrogens is 1. The highest BCUT2D eigenvalue weighted by Crippen LogP contribution is 2.13. The Hall–Kier alpha value is -2.11. The van der Waals surface area contributed by atoms with Crippen LogP contribution in [0.5, 0.6) is 0 Å². The van der Waals surface area contributed by atoms with Gasteiger partial charge >= 0.3 is 5.97 Å². The standard InChI is InChI=1S/C15H20N2O4/c1-10-8-12(18)17(11(2)14(10)15(20)21)9-13(19)16-6-4-3-5-7-16/h8H,3-7,9H2,1-2H3,(H,20,21). The van der Waals surface area contributed by atoms with Crippen LogP contribution in [0.15, 0.2) is 10.9 Å². The largest absolute Gasteiger partial charge is 0.478 e. The molecule has 6 nitrogen and oxygen atoms in total. The molecule has 1 fully saturated rings. The lowest BCUT2D eigenvalue weighted by molar-refractivity contribution is -0.132. The summed E-state index contributed by atoms with van der Waals surface area (Å²) in [6.45, 7) is 4.50. The van der Waals surface area contributed by atoms with Crippen LogP contribution >= 0.6 is 0 Å². The zero-order valence-corrected chi connectivity index (χ0v) is 12.4. The van der Waals surface area contributed by atoms with Gasteiger partial charge in [-0.1, -0.05) is 0 Å². The van der Waals surface area contributed by atoms with Gasteiger partial charge in [-0.2, -0.15) is 0 Å². The zero-order chi connectivity index (χ0) is 15.6. The van der Waals surface area contributed by atoms with E-state index in [9.17, 15) is 19.5 Å². The summed E-state index contributed by atoms with van der Waals surface area (Å²) in [4.78, 5) is 37.3. The van der Waals surface area contributed by atoms with Gasteiger partial charge in [0.25, 0.3) is 5.56 Å². The van der Waals surface area contributed by atoms with Gasteiger partial charge in [0.1, 0.15) is 6.54 Å². The number of hydrogen-bond donors (Lipinski definition) is 1. The van der Waals surface area contributed by atoms with Crippen LogP contribution in [-0.2, 0) is 11.3 Å². The minimum absolute atomic E-state index is 0.0920. The summed E-state index contributed by atoms with van der Waals surface area (Å²) in [7, 11) is 0. The molecule has 0 atom stereocenters. The van der Waals surface area contributed by atoms with Gasteiger partial charge in [-0.15, -0.1) is 0 Å². The van der Waals surface area contributed by atoms with E-state index >= 15 is 0 Å². The molecule has 0 radical (unpaired) electrons. The first-order valence-corrected chi connectivity index (χ1v) is 7.14. The van der Waals surface area contributed by atoms with E-state index in [1.165, 1.54) is 10.6 Å². The first-order chi connectivity index (χ1) is 9.91. The van der Waals surface area contributed by atoms with Crippen molar-refractivity contribution in [3.63, 3.8) is 0 Å². The Labute approximate surface area is 123 Å². The quantitative estimate of drug-likeness (QED) is 0.907. The van der Waals surface area contributed by atoms with E-state index in [0.717, 1.165) is 19.3 Å². The average molecular weight is 292 g/mol. The van der Waals surface area contributed by atoms with Crippen molar-refractivity contribution in [2.45, 2.75) is 39.7 Å². The third kappa shape index (κ3) is 3.15. The number of hydrogen-bond acceptors (Lipinski definition) is 3. The molecular weight excluding hydrogens is 272 g/mol. The minimum Gasteiger partial charge on any atom is -0.478 e. The Morgan fingerprint density at radius 2 is 1.81 bits per heavy atom. The highest BCUT2D eigenvalue weighted by Gasteiger charge is 2.21. The second-order valence-corrected chi connectivity index (χ2v) is 5.46. The van der Waals surface area contributed by atoms with E-state index in [0.29, 0.717) is 24.3 Å². The number of pyridine rings is 1. The molecule has 1 N–H and O–H groups in total. The molecule has 1 aromatic heterocycles. The number of carboxylic acid groups (broad SMARTS) is 1. The number of rotatable bonds is 3. The van der Waals surface area contributed by atoms with E-state index in [-0.39, 0.29) is 23.6 Å². The molecular formula is C15H20N2O4. The summed E-state index contributed by atoms with van der Waals surface area (Å²) in [6, 6.07) is 1.28. The van der Waals surface area contributed by atoms with E-state index < -0.39 is 5.97 Å². The smallest absolute Gasteiger partial charge is 0.337 e. The van der Waals surface area contributed by atoms with Gasteiger partial charge in [0.2, 0.25) is 5.91 Å². The fourth-order valence-corrected chi connectivity index (χ4v) is 2.82. The number of aromatic carboxylic acids is 1. The lowest BCUT2D eigenvalue weighted by Gasteiger charge is -2.27. The second-order valence-electron chi connectivity index (χ2n) is 5.46. The highest BCUT2D eigenvalue weighted by atomic mass is 16.4. The molecule has 114 valence electrons. The average Bonchev–Trinajstić information content (AvgIpc) is 2.43. The first kappa shape index (κ1) is 15.3. The monoisotopic (exact) mass is 292 g/mol. The van der Waals surface area contributed by atoms with Crippen LogP contribution in [0.3, 0.4) is 0 Å². The van der Waals surface area contributed by atoms with Crippen LogP contribution < -0.4 is 5.56 Å². The highest BCUT2D eigenvalue weighted by molar-refractivity contribution is 5.90. The van der Waals surface area contributed by atoms with E-state index in [2.05, 4.69) is 0 Å². The molecule has 0 unspecified atom stereocenters. The number of amides is 1. The molecule has 2 rings (SSSR count). The van der Waals surface area contributed by atoms with Gasteiger partial charge in [-0.05, 0) is 38.7 Å². The summed E-state index contributed by atoms with van der Waals surface area (Å²) in [5, 5.41) is 9.23. The summed E-state index contributed by atoms with van der Waals surface area (Å²) in [5.74, 6) is -1.20. The van der Waals surface area contributed by atoms with Gasteiger partial charge < -0.3 is 14.6 Å². The maximum Gasteiger partial charge on any atom is 0.337 e. The van der Waals surface area contributed by atoms with Crippen molar-refractivity contribution in [3.05, 3.63) is 33.2 Å². The van der Waals surface area contributed by atoms with Crippen molar-refractivity contribution in [2.75, 3.05) is 13.1 Å². The van der Waals surface area contributed by atoms with Gasteiger partial charge in [-0.3, -0.25) is 9.59 Å². The van der Waals surface area contributed by atoms with Crippen molar-refractivity contribution < 1.29 is 14.7 Å². The van der Waals surface area contributed by atoms with Crippen molar-refractivity contribution in [2.24, 2.45) is 0 Å². The predicted octanol–water partition coefficient (Wildman–Crippen LogP) is 1.18. The van der Waals surface area contributed by atoms with Crippen LogP contribution in [0, 0.1) is 13.8 Å². The number of carbonyl (C=O) groups excluding carboxylic acids is 1. The molecule has 1 aliphatic rings. The Bertz CT molecular complexity index is 627. The fraction of sp³-hybridized carbons (Fsp3) is 0.533. The summed E-state index contributed by atoms with van der Waals surface area (Å²) >= 11 is 0. The van der Waals surface area contributed by atoms with E-state index in [4.69, 9.17) is 0 Å². The normalized spacial score (nSPS) is 15.0. The lowest BCUT2D eigenvalue weighted by Crippen LogP contribution is -2.40. The Balaban J connectivity index is 2.31. The van der Waals surface area contributed by atoms with Crippen LogP contribution in [0.25, 0.3) is 0 Å². The third-order valence-electron chi connectivity index (χ3n) is 3.98. The van der Waals surface area contributed by atoms with Crippen molar-refractivity contribution in [1.29, 1.82) is 0 Å². The summed E-state index contributed by atoms with van der Waals surface area (Å²) in [5.41, 5.74) is 0.519. The number of nitrogens with zero attached hydrogens (tertiary/aromatic N) is 2. The first-order valence-electron chi connectivity index (χ1n) is 7.14. The fourth-order valence-electron chi connectivity index (χ4n) is 2.82. The molecule has 6 heteroatoms. The number of piperidine rings is 1. The molecule has 2 heterocycles. The van der Waals surface area contributed by atoms with Crippen LogP contribution in [0.1, 0.15) is 40.9 Å². The minimum atomic E-state index is -1.08. The van der Waals surface area contributed by atoms with E-state index in [1.54, 1.807) is 18.7 Å². The zero-order valence-electron chi connectivity index (χ0n) is 12.4. The topological polar surface area (TPSA) is 79.6 Å². The van der Waals surface area contributed by atoms with E-state index in [1.807, 2.05) is 0 Å². The SMILES string of the molecule is Cc1cc(=O)n(CC(=O)N2CCCCC2)c(C)c1C(=O)O. The number of carbonyl (C=O) groups is 2. The maximum absolute atomic E-state index is 12.3.